The number of rotatable bonds is 1. The molecule has 9 heavy (non-hydrogen) atoms. The molecule has 0 aliphatic carbocycles. The Morgan fingerprint density at radius 1 is 1.44 bits per heavy atom. The van der Waals surface area contributed by atoms with Crippen molar-refractivity contribution in [2.24, 2.45) is 0 Å². The van der Waals surface area contributed by atoms with Gasteiger partial charge in [0.2, 0.25) is 0 Å². The third-order valence-corrected chi connectivity index (χ3v) is 0.897. The summed E-state index contributed by atoms with van der Waals surface area (Å²) in [6.07, 6.45) is 3.47. The summed E-state index contributed by atoms with van der Waals surface area (Å²) in [5, 5.41) is 0. The molecule has 0 N–H and O–H groups in total. The van der Waals surface area contributed by atoms with Gasteiger partial charge < -0.3 is 0 Å². The van der Waals surface area contributed by atoms with E-state index in [1.54, 1.807) is 12.3 Å². The number of aromatic nitrogens is 1. The van der Waals surface area contributed by atoms with Gasteiger partial charge in [-0.05, 0) is 18.2 Å². The molecule has 0 saturated carbocycles. The van der Waals surface area contributed by atoms with Crippen LogP contribution in [0, 0.1) is 0 Å². The molecule has 0 aromatic carbocycles. The van der Waals surface area contributed by atoms with Crippen molar-refractivity contribution in [1.29, 1.82) is 0 Å². The number of hydrogen-bond donors (Lipinski definition) is 0. The Kier molecular flexibility index (Phi) is 4.02. The second kappa shape index (κ2) is 4.30. The summed E-state index contributed by atoms with van der Waals surface area (Å²) in [4.78, 5) is 3.98. The summed E-state index contributed by atoms with van der Waals surface area (Å²) in [7, 11) is 0. The predicted octanol–water partition coefficient (Wildman–Crippen LogP) is 1.72. The van der Waals surface area contributed by atoms with E-state index in [1.165, 1.54) is 0 Å². The molecule has 48 valence electrons. The molecule has 0 aliphatic heterocycles. The largest absolute Gasteiger partial charge is 0.257 e. The summed E-state index contributed by atoms with van der Waals surface area (Å²) in [5.41, 5.74) is 0.924. The van der Waals surface area contributed by atoms with Crippen LogP contribution in [0.15, 0.2) is 31.0 Å². The van der Waals surface area contributed by atoms with E-state index >= 15 is 0 Å². The second-order valence-electron chi connectivity index (χ2n) is 1.46. The van der Waals surface area contributed by atoms with Crippen molar-refractivity contribution in [3.63, 3.8) is 0 Å². The van der Waals surface area contributed by atoms with E-state index in [0.717, 1.165) is 5.69 Å². The minimum absolute atomic E-state index is 0. The van der Waals surface area contributed by atoms with Crippen molar-refractivity contribution in [2.45, 2.75) is 0 Å². The molecule has 0 radical (unpaired) electrons. The van der Waals surface area contributed by atoms with Gasteiger partial charge in [0.05, 0.1) is 5.69 Å². The molecule has 0 aliphatic rings. The van der Waals surface area contributed by atoms with Gasteiger partial charge in [-0.2, -0.15) is 0 Å². The Morgan fingerprint density at radius 2 is 2.22 bits per heavy atom. The van der Waals surface area contributed by atoms with Crippen molar-refractivity contribution in [3.8, 4) is 0 Å². The van der Waals surface area contributed by atoms with Crippen LogP contribution >= 0.6 is 0 Å². The van der Waals surface area contributed by atoms with Gasteiger partial charge in [-0.15, -0.1) is 0 Å². The van der Waals surface area contributed by atoms with E-state index in [9.17, 15) is 0 Å². The average molecular weight is 161 g/mol. The first-order valence-corrected chi connectivity index (χ1v) is 2.47. The van der Waals surface area contributed by atoms with Crippen LogP contribution < -0.4 is 0 Å². The first-order chi connectivity index (χ1) is 3.93. The molecular formula is C7H7FeN. The van der Waals surface area contributed by atoms with E-state index in [-0.39, 0.29) is 17.1 Å². The molecule has 1 nitrogen and oxygen atoms in total. The maximum Gasteiger partial charge on any atom is 0.0623 e. The fourth-order valence-corrected chi connectivity index (χ4v) is 0.497. The zero-order valence-corrected chi connectivity index (χ0v) is 6.00. The van der Waals surface area contributed by atoms with Crippen molar-refractivity contribution in [1.82, 2.24) is 4.98 Å². The summed E-state index contributed by atoms with van der Waals surface area (Å²) in [5.74, 6) is 0. The van der Waals surface area contributed by atoms with Crippen LogP contribution in [-0.4, -0.2) is 4.98 Å². The summed E-state index contributed by atoms with van der Waals surface area (Å²) in [6, 6.07) is 5.73. The van der Waals surface area contributed by atoms with E-state index in [0.29, 0.717) is 0 Å². The van der Waals surface area contributed by atoms with Crippen LogP contribution in [0.3, 0.4) is 0 Å². The van der Waals surface area contributed by atoms with Gasteiger partial charge >= 0.3 is 0 Å². The Balaban J connectivity index is 0.000000640. The monoisotopic (exact) mass is 161 g/mol. The van der Waals surface area contributed by atoms with Crippen LogP contribution in [0.4, 0.5) is 0 Å². The minimum atomic E-state index is 0. The van der Waals surface area contributed by atoms with Crippen molar-refractivity contribution in [2.75, 3.05) is 0 Å². The van der Waals surface area contributed by atoms with Crippen molar-refractivity contribution < 1.29 is 17.1 Å². The first-order valence-electron chi connectivity index (χ1n) is 2.47. The molecule has 1 rings (SSSR count). The predicted molar refractivity (Wildman–Crippen MR) is 34.3 cm³/mol. The SMILES string of the molecule is C=Cc1ccccn1.[Fe]. The Hall–Kier alpha value is -0.591. The van der Waals surface area contributed by atoms with Gasteiger partial charge in [0.15, 0.2) is 0 Å². The molecular weight excluding hydrogens is 154 g/mol. The van der Waals surface area contributed by atoms with E-state index in [4.69, 9.17) is 0 Å². The van der Waals surface area contributed by atoms with Crippen LogP contribution in [0.2, 0.25) is 0 Å². The molecule has 1 aromatic rings. The zero-order chi connectivity index (χ0) is 5.82. The van der Waals surface area contributed by atoms with Crippen LogP contribution in [0.5, 0.6) is 0 Å². The van der Waals surface area contributed by atoms with Gasteiger partial charge in [0, 0.05) is 23.3 Å². The maximum absolute atomic E-state index is 3.98. The molecule has 0 saturated heterocycles. The van der Waals surface area contributed by atoms with Gasteiger partial charge in [-0.25, -0.2) is 0 Å². The molecule has 0 bridgehead atoms. The third kappa shape index (κ3) is 2.45. The quantitative estimate of drug-likeness (QED) is 0.571. The van der Waals surface area contributed by atoms with Gasteiger partial charge in [0.1, 0.15) is 0 Å². The minimum Gasteiger partial charge on any atom is -0.257 e. The fourth-order valence-electron chi connectivity index (χ4n) is 0.497. The fraction of sp³-hybridized carbons (Fsp3) is 0. The molecule has 0 unspecified atom stereocenters. The second-order valence-corrected chi connectivity index (χ2v) is 1.46. The van der Waals surface area contributed by atoms with E-state index < -0.39 is 0 Å². The standard InChI is InChI=1S/C7H7N.Fe/c1-2-7-5-3-4-6-8-7;/h2-6H,1H2;. The molecule has 1 heterocycles. The Labute approximate surface area is 65.3 Å². The molecule has 0 spiro atoms. The molecule has 2 heteroatoms. The zero-order valence-electron chi connectivity index (χ0n) is 4.89. The number of pyridine rings is 1. The Morgan fingerprint density at radius 3 is 2.56 bits per heavy atom. The topological polar surface area (TPSA) is 12.9 Å². The summed E-state index contributed by atoms with van der Waals surface area (Å²) < 4.78 is 0. The van der Waals surface area contributed by atoms with Crippen LogP contribution in [0.1, 0.15) is 5.69 Å². The van der Waals surface area contributed by atoms with Gasteiger partial charge in [-0.3, -0.25) is 4.98 Å². The summed E-state index contributed by atoms with van der Waals surface area (Å²) >= 11 is 0. The van der Waals surface area contributed by atoms with Crippen molar-refractivity contribution in [3.05, 3.63) is 36.7 Å². The van der Waals surface area contributed by atoms with Crippen LogP contribution in [-0.2, 0) is 17.1 Å². The first kappa shape index (κ1) is 8.41. The molecule has 0 fully saturated rings. The van der Waals surface area contributed by atoms with Crippen LogP contribution in [0.25, 0.3) is 6.08 Å². The number of hydrogen-bond acceptors (Lipinski definition) is 1. The third-order valence-electron chi connectivity index (χ3n) is 0.897. The number of nitrogens with zero attached hydrogens (tertiary/aromatic N) is 1. The van der Waals surface area contributed by atoms with E-state index in [2.05, 4.69) is 11.6 Å². The van der Waals surface area contributed by atoms with Gasteiger partial charge in [0.25, 0.3) is 0 Å². The summed E-state index contributed by atoms with van der Waals surface area (Å²) in [6.45, 7) is 3.57. The maximum atomic E-state index is 3.98. The molecule has 1 aromatic heterocycles. The Bertz CT molecular complexity index is 172. The van der Waals surface area contributed by atoms with Crippen molar-refractivity contribution >= 4 is 6.08 Å². The normalized spacial score (nSPS) is 7.56. The van der Waals surface area contributed by atoms with E-state index in [1.807, 2.05) is 18.2 Å². The molecule has 0 atom stereocenters. The van der Waals surface area contributed by atoms with Gasteiger partial charge in [-0.1, -0.05) is 12.6 Å². The average Bonchev–Trinajstić information content (AvgIpc) is 1.90. The molecule has 0 amide bonds. The smallest absolute Gasteiger partial charge is 0.0623 e.